The van der Waals surface area contributed by atoms with Crippen molar-refractivity contribution in [3.8, 4) is 0 Å². The van der Waals surface area contributed by atoms with Crippen LogP contribution in [-0.4, -0.2) is 0 Å². The zero-order valence-corrected chi connectivity index (χ0v) is 8.97. The molecule has 0 spiro atoms. The van der Waals surface area contributed by atoms with Crippen LogP contribution in [0.4, 0.5) is 0 Å². The van der Waals surface area contributed by atoms with Crippen molar-refractivity contribution >= 4 is 0 Å². The summed E-state index contributed by atoms with van der Waals surface area (Å²) in [6.07, 6.45) is 12.8. The van der Waals surface area contributed by atoms with E-state index in [2.05, 4.69) is 32.9 Å². The predicted molar refractivity (Wildman–Crippen MR) is 57.4 cm³/mol. The highest BCUT2D eigenvalue weighted by molar-refractivity contribution is 4.85. The summed E-state index contributed by atoms with van der Waals surface area (Å²) in [5, 5.41) is 0. The van der Waals surface area contributed by atoms with Gasteiger partial charge in [0.05, 0.1) is 0 Å². The lowest BCUT2D eigenvalue weighted by Crippen LogP contribution is -1.95. The lowest BCUT2D eigenvalue weighted by Gasteiger charge is -2.10. The van der Waals surface area contributed by atoms with Gasteiger partial charge in [-0.15, -0.1) is 0 Å². The number of unbranched alkanes of at least 4 members (excludes halogenated alkanes) is 2. The van der Waals surface area contributed by atoms with Crippen LogP contribution in [0.2, 0.25) is 0 Å². The van der Waals surface area contributed by atoms with Crippen molar-refractivity contribution < 1.29 is 0 Å². The second kappa shape index (κ2) is 8.83. The van der Waals surface area contributed by atoms with E-state index in [1.165, 1.54) is 38.5 Å². The quantitative estimate of drug-likeness (QED) is 0.386. The fourth-order valence-corrected chi connectivity index (χ4v) is 1.64. The smallest absolute Gasteiger partial charge is 0.0234 e. The zero-order chi connectivity index (χ0) is 9.23. The molecule has 1 atom stereocenters. The Morgan fingerprint density at radius 1 is 1.00 bits per heavy atom. The fourth-order valence-electron chi connectivity index (χ4n) is 1.64. The van der Waals surface area contributed by atoms with E-state index in [1.807, 2.05) is 0 Å². The van der Waals surface area contributed by atoms with Crippen LogP contribution in [0.5, 0.6) is 0 Å². The van der Waals surface area contributed by atoms with E-state index in [9.17, 15) is 0 Å². The van der Waals surface area contributed by atoms with E-state index in [0.717, 1.165) is 5.92 Å². The molecule has 72 valence electrons. The average Bonchev–Trinajstić information content (AvgIpc) is 2.06. The summed E-state index contributed by atoms with van der Waals surface area (Å²) in [6, 6.07) is 0. The van der Waals surface area contributed by atoms with Gasteiger partial charge in [-0.1, -0.05) is 51.7 Å². The molecule has 0 rings (SSSR count). The minimum atomic E-state index is 0.853. The lowest BCUT2D eigenvalue weighted by molar-refractivity contribution is 0.501. The van der Waals surface area contributed by atoms with Gasteiger partial charge in [0.1, 0.15) is 0 Å². The first kappa shape index (κ1) is 11.7. The molecule has 0 nitrogen and oxygen atoms in total. The Morgan fingerprint density at radius 3 is 2.25 bits per heavy atom. The maximum atomic E-state index is 2.37. The van der Waals surface area contributed by atoms with Crippen molar-refractivity contribution in [3.63, 3.8) is 0 Å². The fraction of sp³-hybridized carbons (Fsp3) is 0.833. The van der Waals surface area contributed by atoms with Gasteiger partial charge >= 0.3 is 0 Å². The zero-order valence-electron chi connectivity index (χ0n) is 8.97. The van der Waals surface area contributed by atoms with Gasteiger partial charge in [-0.05, 0) is 25.7 Å². The largest absolute Gasteiger partial charge is 0.0914 e. The van der Waals surface area contributed by atoms with Crippen LogP contribution in [0.3, 0.4) is 0 Å². The number of hydrogen-bond acceptors (Lipinski definition) is 0. The first-order valence-electron chi connectivity index (χ1n) is 5.47. The molecule has 0 N–H and O–H groups in total. The lowest BCUT2D eigenvalue weighted by atomic mass is 9.96. The summed E-state index contributed by atoms with van der Waals surface area (Å²) in [7, 11) is 0. The monoisotopic (exact) mass is 168 g/mol. The maximum absolute atomic E-state index is 2.37. The van der Waals surface area contributed by atoms with E-state index >= 15 is 0 Å². The molecule has 0 heterocycles. The molecule has 0 aromatic heterocycles. The summed E-state index contributed by atoms with van der Waals surface area (Å²) in [5.74, 6) is 0.853. The summed E-state index contributed by atoms with van der Waals surface area (Å²) < 4.78 is 0. The molecule has 0 fully saturated rings. The number of hydrogen-bond donors (Lipinski definition) is 0. The van der Waals surface area contributed by atoms with Crippen LogP contribution in [0.25, 0.3) is 0 Å². The minimum absolute atomic E-state index is 0.853. The molecule has 0 aromatic rings. The molecule has 0 aromatic carbocycles. The standard InChI is InChI=1S/C12H24/c1-4-7-8-11-12(9-5-2)10-6-3/h5,9,12H,4,6-8,10-11H2,1-3H3. The number of rotatable bonds is 7. The molecule has 0 radical (unpaired) electrons. The Labute approximate surface area is 78.1 Å². The topological polar surface area (TPSA) is 0 Å². The second-order valence-corrected chi connectivity index (χ2v) is 3.57. The van der Waals surface area contributed by atoms with Gasteiger partial charge in [-0.2, -0.15) is 0 Å². The highest BCUT2D eigenvalue weighted by Gasteiger charge is 2.01. The molecular formula is C12H24. The molecule has 0 bridgehead atoms. The van der Waals surface area contributed by atoms with Crippen LogP contribution < -0.4 is 0 Å². The first-order valence-corrected chi connectivity index (χ1v) is 5.47. The van der Waals surface area contributed by atoms with E-state index in [-0.39, 0.29) is 0 Å². The molecule has 0 amide bonds. The van der Waals surface area contributed by atoms with Gasteiger partial charge < -0.3 is 0 Å². The first-order chi connectivity index (χ1) is 5.85. The minimum Gasteiger partial charge on any atom is -0.0914 e. The van der Waals surface area contributed by atoms with E-state index < -0.39 is 0 Å². The van der Waals surface area contributed by atoms with Gasteiger partial charge in [0.2, 0.25) is 0 Å². The van der Waals surface area contributed by atoms with E-state index in [1.54, 1.807) is 0 Å². The highest BCUT2D eigenvalue weighted by atomic mass is 14.1. The van der Waals surface area contributed by atoms with E-state index in [0.29, 0.717) is 0 Å². The molecule has 0 aliphatic carbocycles. The maximum Gasteiger partial charge on any atom is -0.0234 e. The van der Waals surface area contributed by atoms with Gasteiger partial charge in [0, 0.05) is 0 Å². The van der Waals surface area contributed by atoms with Crippen molar-refractivity contribution in [2.75, 3.05) is 0 Å². The van der Waals surface area contributed by atoms with Crippen molar-refractivity contribution in [1.29, 1.82) is 0 Å². The Kier molecular flexibility index (Phi) is 8.64. The molecule has 0 aliphatic rings. The average molecular weight is 168 g/mol. The van der Waals surface area contributed by atoms with Crippen LogP contribution in [0.15, 0.2) is 12.2 Å². The van der Waals surface area contributed by atoms with Gasteiger partial charge in [-0.3, -0.25) is 0 Å². The third kappa shape index (κ3) is 6.45. The van der Waals surface area contributed by atoms with Crippen molar-refractivity contribution in [2.45, 2.75) is 59.3 Å². The number of allylic oxidation sites excluding steroid dienone is 2. The molecule has 12 heavy (non-hydrogen) atoms. The molecule has 0 heteroatoms. The highest BCUT2D eigenvalue weighted by Crippen LogP contribution is 2.16. The predicted octanol–water partition coefficient (Wildman–Crippen LogP) is 4.56. The Morgan fingerprint density at radius 2 is 1.75 bits per heavy atom. The summed E-state index contributed by atoms with van der Waals surface area (Å²) in [6.45, 7) is 6.67. The third-order valence-electron chi connectivity index (χ3n) is 2.30. The molecule has 0 saturated carbocycles. The van der Waals surface area contributed by atoms with Gasteiger partial charge in [-0.25, -0.2) is 0 Å². The SMILES string of the molecule is CC=CC(CCC)CCCCC. The molecule has 0 aliphatic heterocycles. The van der Waals surface area contributed by atoms with Crippen molar-refractivity contribution in [1.82, 2.24) is 0 Å². The van der Waals surface area contributed by atoms with Crippen LogP contribution in [-0.2, 0) is 0 Å². The van der Waals surface area contributed by atoms with Crippen LogP contribution in [0.1, 0.15) is 59.3 Å². The van der Waals surface area contributed by atoms with Crippen LogP contribution >= 0.6 is 0 Å². The Balaban J connectivity index is 3.48. The molecule has 0 saturated heterocycles. The third-order valence-corrected chi connectivity index (χ3v) is 2.30. The molecular weight excluding hydrogens is 144 g/mol. The van der Waals surface area contributed by atoms with Crippen molar-refractivity contribution in [2.24, 2.45) is 5.92 Å². The van der Waals surface area contributed by atoms with Crippen LogP contribution in [0, 0.1) is 5.92 Å². The summed E-state index contributed by atoms with van der Waals surface area (Å²) >= 11 is 0. The Bertz CT molecular complexity index is 103. The van der Waals surface area contributed by atoms with E-state index in [4.69, 9.17) is 0 Å². The Hall–Kier alpha value is -0.260. The molecule has 1 unspecified atom stereocenters. The second-order valence-electron chi connectivity index (χ2n) is 3.57. The summed E-state index contributed by atoms with van der Waals surface area (Å²) in [4.78, 5) is 0. The van der Waals surface area contributed by atoms with Gasteiger partial charge in [0.15, 0.2) is 0 Å². The van der Waals surface area contributed by atoms with Crippen molar-refractivity contribution in [3.05, 3.63) is 12.2 Å². The summed E-state index contributed by atoms with van der Waals surface area (Å²) in [5.41, 5.74) is 0. The van der Waals surface area contributed by atoms with Gasteiger partial charge in [0.25, 0.3) is 0 Å². The normalized spacial score (nSPS) is 13.9.